The first-order chi connectivity index (χ1) is 6.63. The number of nitrogens with zero attached hydrogens (tertiary/aromatic N) is 1. The molecule has 0 radical (unpaired) electrons. The highest BCUT2D eigenvalue weighted by Crippen LogP contribution is 2.13. The fourth-order valence-corrected chi connectivity index (χ4v) is 1.16. The Morgan fingerprint density at radius 3 is 3.00 bits per heavy atom. The van der Waals surface area contributed by atoms with Crippen LogP contribution in [0.25, 0.3) is 0 Å². The summed E-state index contributed by atoms with van der Waals surface area (Å²) in [6.07, 6.45) is 3.09. The average molecular weight is 260 g/mol. The van der Waals surface area contributed by atoms with Gasteiger partial charge in [0.1, 0.15) is 6.04 Å². The molecular weight excluding hydrogens is 250 g/mol. The maximum atomic E-state index is 11.2. The number of nitrogens with two attached hydrogens (primary N) is 1. The van der Waals surface area contributed by atoms with Gasteiger partial charge in [-0.15, -0.1) is 0 Å². The molecule has 14 heavy (non-hydrogen) atoms. The summed E-state index contributed by atoms with van der Waals surface area (Å²) >= 11 is 3.21. The van der Waals surface area contributed by atoms with E-state index >= 15 is 0 Å². The smallest absolute Gasteiger partial charge is 0.243 e. The summed E-state index contributed by atoms with van der Waals surface area (Å²) in [5.74, 6) is -0.438. The van der Waals surface area contributed by atoms with Crippen LogP contribution in [0.2, 0.25) is 0 Å². The number of anilines is 1. The van der Waals surface area contributed by atoms with Gasteiger partial charge >= 0.3 is 0 Å². The Bertz CT molecular complexity index is 332. The molecule has 0 aliphatic rings. The zero-order valence-corrected chi connectivity index (χ0v) is 8.86. The topological polar surface area (TPSA) is 88.2 Å². The zero-order valence-electron chi connectivity index (χ0n) is 7.27. The average Bonchev–Trinajstić information content (AvgIpc) is 2.16. The minimum atomic E-state index is -0.908. The molecule has 0 saturated heterocycles. The molecule has 5 nitrogen and oxygen atoms in total. The Morgan fingerprint density at radius 2 is 2.43 bits per heavy atom. The van der Waals surface area contributed by atoms with Gasteiger partial charge < -0.3 is 16.2 Å². The SMILES string of the molecule is N[C@H](CO)C(=O)Nc1cncc(Br)c1. The first-order valence-electron chi connectivity index (χ1n) is 3.91. The minimum Gasteiger partial charge on any atom is -0.394 e. The lowest BCUT2D eigenvalue weighted by molar-refractivity contribution is -0.118. The van der Waals surface area contributed by atoms with Gasteiger partial charge in [0.25, 0.3) is 0 Å². The van der Waals surface area contributed by atoms with E-state index in [0.29, 0.717) is 5.69 Å². The van der Waals surface area contributed by atoms with Gasteiger partial charge in [-0.25, -0.2) is 0 Å². The summed E-state index contributed by atoms with van der Waals surface area (Å²) in [7, 11) is 0. The highest BCUT2D eigenvalue weighted by molar-refractivity contribution is 9.10. The minimum absolute atomic E-state index is 0.382. The van der Waals surface area contributed by atoms with Gasteiger partial charge in [0.05, 0.1) is 18.5 Å². The quantitative estimate of drug-likeness (QED) is 0.719. The fraction of sp³-hybridized carbons (Fsp3) is 0.250. The van der Waals surface area contributed by atoms with E-state index in [0.717, 1.165) is 4.47 Å². The second-order valence-corrected chi connectivity index (χ2v) is 3.59. The molecule has 0 aliphatic heterocycles. The number of nitrogens with one attached hydrogen (secondary N) is 1. The van der Waals surface area contributed by atoms with Crippen molar-refractivity contribution in [1.82, 2.24) is 4.98 Å². The maximum Gasteiger partial charge on any atom is 0.243 e. The van der Waals surface area contributed by atoms with Crippen molar-refractivity contribution in [3.05, 3.63) is 22.9 Å². The largest absolute Gasteiger partial charge is 0.394 e. The molecule has 1 atom stereocenters. The number of aliphatic hydroxyl groups is 1. The molecule has 0 spiro atoms. The van der Waals surface area contributed by atoms with E-state index in [1.165, 1.54) is 6.20 Å². The van der Waals surface area contributed by atoms with Crippen LogP contribution < -0.4 is 11.1 Å². The Morgan fingerprint density at radius 1 is 1.71 bits per heavy atom. The molecule has 1 heterocycles. The van der Waals surface area contributed by atoms with E-state index in [4.69, 9.17) is 10.8 Å². The number of aliphatic hydroxyl groups excluding tert-OH is 1. The third-order valence-electron chi connectivity index (χ3n) is 1.51. The van der Waals surface area contributed by atoms with E-state index in [1.807, 2.05) is 0 Å². The van der Waals surface area contributed by atoms with E-state index < -0.39 is 11.9 Å². The number of carbonyl (C=O) groups is 1. The van der Waals surface area contributed by atoms with E-state index in [1.54, 1.807) is 12.3 Å². The highest BCUT2D eigenvalue weighted by atomic mass is 79.9. The molecule has 0 bridgehead atoms. The number of halogens is 1. The molecule has 1 rings (SSSR count). The van der Waals surface area contributed by atoms with Gasteiger partial charge in [0.2, 0.25) is 5.91 Å². The summed E-state index contributed by atoms with van der Waals surface area (Å²) < 4.78 is 0.757. The van der Waals surface area contributed by atoms with E-state index in [2.05, 4.69) is 26.2 Å². The lowest BCUT2D eigenvalue weighted by Gasteiger charge is -2.08. The van der Waals surface area contributed by atoms with Gasteiger partial charge in [0, 0.05) is 10.7 Å². The molecule has 76 valence electrons. The first kappa shape index (κ1) is 11.1. The lowest BCUT2D eigenvalue weighted by Crippen LogP contribution is -2.38. The van der Waals surface area contributed by atoms with Crippen molar-refractivity contribution in [3.63, 3.8) is 0 Å². The van der Waals surface area contributed by atoms with Crippen LogP contribution in [0, 0.1) is 0 Å². The van der Waals surface area contributed by atoms with Crippen LogP contribution in [0.1, 0.15) is 0 Å². The molecule has 1 aromatic heterocycles. The van der Waals surface area contributed by atoms with Crippen LogP contribution in [-0.2, 0) is 4.79 Å². The summed E-state index contributed by atoms with van der Waals surface area (Å²) in [6.45, 7) is -0.382. The standard InChI is InChI=1S/C8H10BrN3O2/c9-5-1-6(3-11-2-5)12-8(14)7(10)4-13/h1-3,7,13H,4,10H2,(H,12,14)/t7-/m1/s1. The third kappa shape index (κ3) is 3.06. The molecule has 1 aromatic rings. The monoisotopic (exact) mass is 259 g/mol. The normalized spacial score (nSPS) is 12.2. The number of amides is 1. The molecule has 0 fully saturated rings. The van der Waals surface area contributed by atoms with Crippen molar-refractivity contribution >= 4 is 27.5 Å². The predicted octanol–water partition coefficient (Wildman–Crippen LogP) is 0.102. The zero-order chi connectivity index (χ0) is 10.6. The van der Waals surface area contributed by atoms with E-state index in [9.17, 15) is 4.79 Å². The molecule has 0 unspecified atom stereocenters. The number of hydrogen-bond donors (Lipinski definition) is 3. The first-order valence-corrected chi connectivity index (χ1v) is 4.70. The molecule has 0 aromatic carbocycles. The van der Waals surface area contributed by atoms with E-state index in [-0.39, 0.29) is 6.61 Å². The Hall–Kier alpha value is -0.980. The van der Waals surface area contributed by atoms with Crippen LogP contribution in [0.4, 0.5) is 5.69 Å². The van der Waals surface area contributed by atoms with Crippen molar-refractivity contribution in [2.75, 3.05) is 11.9 Å². The van der Waals surface area contributed by atoms with Crippen molar-refractivity contribution in [2.45, 2.75) is 6.04 Å². The Labute approximate surface area is 89.5 Å². The number of carbonyl (C=O) groups excluding carboxylic acids is 1. The van der Waals surface area contributed by atoms with Crippen LogP contribution in [0.3, 0.4) is 0 Å². The molecule has 6 heteroatoms. The molecule has 1 amide bonds. The number of rotatable bonds is 3. The Balaban J connectivity index is 2.65. The second-order valence-electron chi connectivity index (χ2n) is 2.67. The van der Waals surface area contributed by atoms with Crippen LogP contribution in [0.5, 0.6) is 0 Å². The maximum absolute atomic E-state index is 11.2. The second kappa shape index (κ2) is 5.04. The van der Waals surface area contributed by atoms with Gasteiger partial charge in [-0.3, -0.25) is 9.78 Å². The van der Waals surface area contributed by atoms with Gasteiger partial charge in [-0.2, -0.15) is 0 Å². The van der Waals surface area contributed by atoms with Crippen molar-refractivity contribution in [2.24, 2.45) is 5.73 Å². The fourth-order valence-electron chi connectivity index (χ4n) is 0.798. The summed E-state index contributed by atoms with van der Waals surface area (Å²) in [5.41, 5.74) is 5.84. The summed E-state index contributed by atoms with van der Waals surface area (Å²) in [6, 6.07) is 0.781. The molecule has 0 aliphatic carbocycles. The predicted molar refractivity (Wildman–Crippen MR) is 55.6 cm³/mol. The number of pyridine rings is 1. The van der Waals surface area contributed by atoms with Crippen molar-refractivity contribution in [3.8, 4) is 0 Å². The van der Waals surface area contributed by atoms with Gasteiger partial charge in [-0.1, -0.05) is 0 Å². The highest BCUT2D eigenvalue weighted by Gasteiger charge is 2.11. The molecule has 4 N–H and O–H groups in total. The van der Waals surface area contributed by atoms with Gasteiger partial charge in [-0.05, 0) is 22.0 Å². The summed E-state index contributed by atoms with van der Waals surface area (Å²) in [4.78, 5) is 15.1. The number of aromatic nitrogens is 1. The lowest BCUT2D eigenvalue weighted by atomic mass is 10.3. The van der Waals surface area contributed by atoms with Crippen LogP contribution in [0.15, 0.2) is 22.9 Å². The number of hydrogen-bond acceptors (Lipinski definition) is 4. The molecule has 0 saturated carbocycles. The van der Waals surface area contributed by atoms with Crippen LogP contribution in [-0.4, -0.2) is 28.6 Å². The van der Waals surface area contributed by atoms with Crippen molar-refractivity contribution in [1.29, 1.82) is 0 Å². The third-order valence-corrected chi connectivity index (χ3v) is 1.94. The summed E-state index contributed by atoms with van der Waals surface area (Å²) in [5, 5.41) is 11.1. The molecular formula is C8H10BrN3O2. The van der Waals surface area contributed by atoms with Gasteiger partial charge in [0.15, 0.2) is 0 Å². The van der Waals surface area contributed by atoms with Crippen molar-refractivity contribution < 1.29 is 9.90 Å². The van der Waals surface area contributed by atoms with Crippen LogP contribution >= 0.6 is 15.9 Å². The Kier molecular flexibility index (Phi) is 3.99.